The number of carboxylic acids is 1. The first-order valence-corrected chi connectivity index (χ1v) is 5.59. The highest BCUT2D eigenvalue weighted by Gasteiger charge is 2.15. The second kappa shape index (κ2) is 4.63. The molecule has 2 aromatic rings. The van der Waals surface area contributed by atoms with Crippen molar-refractivity contribution in [3.8, 4) is 5.75 Å². The maximum absolute atomic E-state index is 10.7. The molecule has 1 atom stereocenters. The summed E-state index contributed by atoms with van der Waals surface area (Å²) >= 11 is 5.73. The maximum atomic E-state index is 10.7. The Kier molecular flexibility index (Phi) is 3.20. The van der Waals surface area contributed by atoms with Crippen molar-refractivity contribution in [2.45, 2.75) is 11.8 Å². The van der Waals surface area contributed by atoms with Gasteiger partial charge >= 0.3 is 5.97 Å². The Morgan fingerprint density at radius 1 is 1.18 bits per heavy atom. The number of alkyl halides is 1. The Morgan fingerprint density at radius 2 is 1.82 bits per heavy atom. The highest BCUT2D eigenvalue weighted by molar-refractivity contribution is 6.29. The van der Waals surface area contributed by atoms with Crippen LogP contribution in [0.5, 0.6) is 5.75 Å². The van der Waals surface area contributed by atoms with E-state index in [0.29, 0.717) is 5.39 Å². The van der Waals surface area contributed by atoms with E-state index in [0.717, 1.165) is 10.9 Å². The highest BCUT2D eigenvalue weighted by atomic mass is 35.5. The van der Waals surface area contributed by atoms with Crippen molar-refractivity contribution in [1.29, 1.82) is 0 Å². The van der Waals surface area contributed by atoms with Gasteiger partial charge in [0, 0.05) is 11.8 Å². The van der Waals surface area contributed by atoms with Crippen molar-refractivity contribution in [2.24, 2.45) is 0 Å². The summed E-state index contributed by atoms with van der Waals surface area (Å²) < 4.78 is 0. The summed E-state index contributed by atoms with van der Waals surface area (Å²) in [6.07, 6.45) is 0.234. The zero-order valence-corrected chi connectivity index (χ0v) is 9.69. The minimum atomic E-state index is -1.04. The molecule has 0 saturated carbocycles. The molecule has 1 unspecified atom stereocenters. The molecule has 2 N–H and O–H groups in total. The van der Waals surface area contributed by atoms with E-state index < -0.39 is 11.3 Å². The van der Waals surface area contributed by atoms with Gasteiger partial charge in [-0.1, -0.05) is 30.3 Å². The van der Waals surface area contributed by atoms with Crippen LogP contribution in [0.1, 0.15) is 5.56 Å². The molecular weight excluding hydrogens is 240 g/mol. The fourth-order valence-electron chi connectivity index (χ4n) is 1.82. The lowest BCUT2D eigenvalue weighted by atomic mass is 10.0. The summed E-state index contributed by atoms with van der Waals surface area (Å²) in [6.45, 7) is 0. The zero-order valence-electron chi connectivity index (χ0n) is 8.93. The molecular formula is C13H11ClO3. The monoisotopic (exact) mass is 250 g/mol. The second-order valence-corrected chi connectivity index (χ2v) is 4.33. The number of phenolic OH excluding ortho intramolecular Hbond substituents is 1. The molecule has 17 heavy (non-hydrogen) atoms. The number of rotatable bonds is 3. The molecule has 0 aromatic heterocycles. The van der Waals surface area contributed by atoms with Crippen molar-refractivity contribution in [1.82, 2.24) is 0 Å². The minimum absolute atomic E-state index is 0.186. The fraction of sp³-hybridized carbons (Fsp3) is 0.154. The lowest BCUT2D eigenvalue weighted by molar-refractivity contribution is -0.136. The van der Waals surface area contributed by atoms with Crippen molar-refractivity contribution in [2.75, 3.05) is 0 Å². The smallest absolute Gasteiger partial charge is 0.321 e. The molecule has 4 heteroatoms. The van der Waals surface area contributed by atoms with Gasteiger partial charge in [-0.05, 0) is 17.0 Å². The van der Waals surface area contributed by atoms with E-state index in [1.165, 1.54) is 0 Å². The molecule has 0 aliphatic rings. The molecule has 3 nitrogen and oxygen atoms in total. The van der Waals surface area contributed by atoms with Gasteiger partial charge in [-0.15, -0.1) is 11.6 Å². The first kappa shape index (κ1) is 11.7. The Hall–Kier alpha value is -1.74. The van der Waals surface area contributed by atoms with Gasteiger partial charge in [0.15, 0.2) is 0 Å². The molecule has 0 aliphatic heterocycles. The predicted octanol–water partition coefficient (Wildman–Crippen LogP) is 2.78. The molecule has 0 heterocycles. The van der Waals surface area contributed by atoms with Gasteiger partial charge in [0.1, 0.15) is 11.1 Å². The largest absolute Gasteiger partial charge is 0.507 e. The number of carbonyl (C=O) groups is 1. The van der Waals surface area contributed by atoms with E-state index >= 15 is 0 Å². The van der Waals surface area contributed by atoms with Crippen LogP contribution in [0.3, 0.4) is 0 Å². The lowest BCUT2D eigenvalue weighted by Gasteiger charge is -2.09. The quantitative estimate of drug-likeness (QED) is 0.824. The average Bonchev–Trinajstić information content (AvgIpc) is 2.30. The van der Waals surface area contributed by atoms with E-state index in [4.69, 9.17) is 16.7 Å². The lowest BCUT2D eigenvalue weighted by Crippen LogP contribution is -2.16. The first-order valence-electron chi connectivity index (χ1n) is 5.16. The number of fused-ring (bicyclic) bond motifs is 1. The molecule has 0 spiro atoms. The first-order chi connectivity index (χ1) is 8.09. The Balaban J connectivity index is 2.48. The maximum Gasteiger partial charge on any atom is 0.321 e. The second-order valence-electron chi connectivity index (χ2n) is 3.80. The molecule has 0 aliphatic carbocycles. The van der Waals surface area contributed by atoms with Crippen LogP contribution in [-0.2, 0) is 11.2 Å². The number of benzene rings is 2. The summed E-state index contributed by atoms with van der Waals surface area (Å²) in [4.78, 5) is 10.7. The van der Waals surface area contributed by atoms with Gasteiger partial charge in [-0.3, -0.25) is 4.79 Å². The van der Waals surface area contributed by atoms with Crippen LogP contribution in [0.4, 0.5) is 0 Å². The summed E-state index contributed by atoms with van der Waals surface area (Å²) in [6, 6.07) is 10.6. The highest BCUT2D eigenvalue weighted by Crippen LogP contribution is 2.27. The SMILES string of the molecule is O=C(O)C(Cl)Cc1cccc2c(O)cccc12. The normalized spacial score (nSPS) is 12.5. The number of hydrogen-bond donors (Lipinski definition) is 2. The minimum Gasteiger partial charge on any atom is -0.507 e. The summed E-state index contributed by atoms with van der Waals surface area (Å²) in [5.41, 5.74) is 0.820. The van der Waals surface area contributed by atoms with Crippen molar-refractivity contribution in [3.63, 3.8) is 0 Å². The van der Waals surface area contributed by atoms with E-state index in [-0.39, 0.29) is 12.2 Å². The Bertz CT molecular complexity index is 566. The van der Waals surface area contributed by atoms with Crippen LogP contribution in [-0.4, -0.2) is 21.6 Å². The number of phenols is 1. The predicted molar refractivity (Wildman–Crippen MR) is 66.6 cm³/mol. The third kappa shape index (κ3) is 2.34. The van der Waals surface area contributed by atoms with E-state index in [1.54, 1.807) is 24.3 Å². The van der Waals surface area contributed by atoms with Crippen LogP contribution < -0.4 is 0 Å². The molecule has 0 saturated heterocycles. The van der Waals surface area contributed by atoms with Crippen molar-refractivity contribution < 1.29 is 15.0 Å². The van der Waals surface area contributed by atoms with Crippen LogP contribution in [0, 0.1) is 0 Å². The van der Waals surface area contributed by atoms with Gasteiger partial charge < -0.3 is 10.2 Å². The standard InChI is InChI=1S/C13H11ClO3/c14-11(13(16)17)7-8-3-1-5-10-9(8)4-2-6-12(10)15/h1-6,11,15H,7H2,(H,16,17). The molecule has 88 valence electrons. The average molecular weight is 251 g/mol. The van der Waals surface area contributed by atoms with Crippen LogP contribution in [0.2, 0.25) is 0 Å². The molecule has 0 bridgehead atoms. The van der Waals surface area contributed by atoms with E-state index in [2.05, 4.69) is 0 Å². The number of halogens is 1. The van der Waals surface area contributed by atoms with Gasteiger partial charge in [-0.25, -0.2) is 0 Å². The molecule has 2 aromatic carbocycles. The van der Waals surface area contributed by atoms with Gasteiger partial charge in [0.25, 0.3) is 0 Å². The summed E-state index contributed by atoms with van der Waals surface area (Å²) in [5.74, 6) is -0.852. The number of aliphatic carboxylic acids is 1. The third-order valence-electron chi connectivity index (χ3n) is 2.66. The topological polar surface area (TPSA) is 57.5 Å². The molecule has 0 radical (unpaired) electrons. The summed E-state index contributed by atoms with van der Waals surface area (Å²) in [5, 5.41) is 19.1. The third-order valence-corrected chi connectivity index (χ3v) is 3.00. The number of hydrogen-bond acceptors (Lipinski definition) is 2. The number of aromatic hydroxyl groups is 1. The summed E-state index contributed by atoms with van der Waals surface area (Å²) in [7, 11) is 0. The Labute approximate surface area is 103 Å². The van der Waals surface area contributed by atoms with Gasteiger partial charge in [0.05, 0.1) is 0 Å². The van der Waals surface area contributed by atoms with E-state index in [9.17, 15) is 9.90 Å². The van der Waals surface area contributed by atoms with Crippen molar-refractivity contribution in [3.05, 3.63) is 42.0 Å². The Morgan fingerprint density at radius 3 is 2.53 bits per heavy atom. The molecule has 0 fully saturated rings. The molecule has 2 rings (SSSR count). The van der Waals surface area contributed by atoms with Crippen LogP contribution in [0.25, 0.3) is 10.8 Å². The van der Waals surface area contributed by atoms with Crippen molar-refractivity contribution >= 4 is 28.3 Å². The van der Waals surface area contributed by atoms with Gasteiger partial charge in [-0.2, -0.15) is 0 Å². The van der Waals surface area contributed by atoms with E-state index in [1.807, 2.05) is 12.1 Å². The number of carboxylic acid groups (broad SMARTS) is 1. The fourth-order valence-corrected chi connectivity index (χ4v) is 1.98. The molecule has 0 amide bonds. The zero-order chi connectivity index (χ0) is 12.4. The van der Waals surface area contributed by atoms with Crippen LogP contribution >= 0.6 is 11.6 Å². The van der Waals surface area contributed by atoms with Crippen LogP contribution in [0.15, 0.2) is 36.4 Å². The van der Waals surface area contributed by atoms with Gasteiger partial charge in [0.2, 0.25) is 0 Å².